The Labute approximate surface area is 140 Å². The maximum absolute atomic E-state index is 10.2. The number of imidazole rings is 1. The molecule has 2 N–H and O–H groups in total. The number of benzene rings is 2. The van der Waals surface area contributed by atoms with Gasteiger partial charge in [0.15, 0.2) is 0 Å². The Morgan fingerprint density at radius 3 is 2.46 bits per heavy atom. The summed E-state index contributed by atoms with van der Waals surface area (Å²) in [7, 11) is 0. The lowest BCUT2D eigenvalue weighted by molar-refractivity contribution is 0.477. The van der Waals surface area contributed by atoms with Gasteiger partial charge in [-0.3, -0.25) is 4.40 Å². The van der Waals surface area contributed by atoms with Crippen LogP contribution >= 0.6 is 0 Å². The molecule has 2 aromatic carbocycles. The molecule has 0 aliphatic rings. The van der Waals surface area contributed by atoms with E-state index in [9.17, 15) is 5.11 Å². The predicted molar refractivity (Wildman–Crippen MR) is 96.1 cm³/mol. The highest BCUT2D eigenvalue weighted by atomic mass is 16.3. The van der Waals surface area contributed by atoms with Crippen LogP contribution in [-0.4, -0.2) is 14.5 Å². The summed E-state index contributed by atoms with van der Waals surface area (Å²) in [4.78, 5) is 4.70. The van der Waals surface area contributed by atoms with Crippen molar-refractivity contribution in [1.82, 2.24) is 9.38 Å². The molecule has 0 atom stereocenters. The first-order chi connectivity index (χ1) is 11.8. The third kappa shape index (κ3) is 2.58. The van der Waals surface area contributed by atoms with Crippen molar-refractivity contribution in [2.24, 2.45) is 0 Å². The largest absolute Gasteiger partial charge is 0.507 e. The van der Waals surface area contributed by atoms with Gasteiger partial charge in [0.05, 0.1) is 0 Å². The molecule has 0 bridgehead atoms. The third-order valence-corrected chi connectivity index (χ3v) is 3.99. The summed E-state index contributed by atoms with van der Waals surface area (Å²) in [5, 5.41) is 13.7. The maximum atomic E-state index is 10.2. The lowest BCUT2D eigenvalue weighted by Gasteiger charge is -2.09. The highest BCUT2D eigenvalue weighted by Gasteiger charge is 2.16. The molecule has 2 heterocycles. The quantitative estimate of drug-likeness (QED) is 0.589. The van der Waals surface area contributed by atoms with Crippen LogP contribution in [0.1, 0.15) is 5.56 Å². The van der Waals surface area contributed by atoms with Gasteiger partial charge < -0.3 is 10.4 Å². The summed E-state index contributed by atoms with van der Waals surface area (Å²) in [6.45, 7) is 0.685. The van der Waals surface area contributed by atoms with Crippen molar-refractivity contribution in [3.8, 4) is 17.0 Å². The zero-order valence-corrected chi connectivity index (χ0v) is 13.1. The average molecular weight is 315 g/mol. The predicted octanol–water partition coefficient (Wildman–Crippen LogP) is 4.32. The number of aromatic nitrogens is 2. The van der Waals surface area contributed by atoms with Crippen LogP contribution in [-0.2, 0) is 6.54 Å². The van der Waals surface area contributed by atoms with E-state index < -0.39 is 0 Å². The summed E-state index contributed by atoms with van der Waals surface area (Å²) in [5.74, 6) is 1.10. The van der Waals surface area contributed by atoms with Crippen molar-refractivity contribution in [3.05, 3.63) is 84.6 Å². The highest BCUT2D eigenvalue weighted by molar-refractivity contribution is 5.80. The molecule has 4 heteroatoms. The van der Waals surface area contributed by atoms with E-state index in [4.69, 9.17) is 4.98 Å². The number of para-hydroxylation sites is 1. The molecule has 0 aliphatic heterocycles. The molecular formula is C20H17N3O. The standard InChI is InChI=1S/C20H17N3O/c24-17-11-5-4-10-16(17)19-20(21-14-15-8-2-1-3-9-15)23-13-7-6-12-18(23)22-19/h1-13,21,24H,14H2. The molecule has 4 nitrogen and oxygen atoms in total. The smallest absolute Gasteiger partial charge is 0.139 e. The van der Waals surface area contributed by atoms with Crippen LogP contribution in [0.25, 0.3) is 16.9 Å². The van der Waals surface area contributed by atoms with Crippen LogP contribution in [0.4, 0.5) is 5.82 Å². The van der Waals surface area contributed by atoms with Crippen LogP contribution < -0.4 is 5.32 Å². The average Bonchev–Trinajstić information content (AvgIpc) is 2.99. The van der Waals surface area contributed by atoms with Gasteiger partial charge >= 0.3 is 0 Å². The lowest BCUT2D eigenvalue weighted by atomic mass is 10.1. The summed E-state index contributed by atoms with van der Waals surface area (Å²) in [5.41, 5.74) is 3.49. The number of fused-ring (bicyclic) bond motifs is 1. The fraction of sp³-hybridized carbons (Fsp3) is 0.0500. The molecule has 0 spiro atoms. The van der Waals surface area contributed by atoms with E-state index in [0.29, 0.717) is 6.54 Å². The molecule has 0 unspecified atom stereocenters. The van der Waals surface area contributed by atoms with E-state index in [1.54, 1.807) is 6.07 Å². The minimum absolute atomic E-state index is 0.226. The number of hydrogen-bond acceptors (Lipinski definition) is 3. The summed E-state index contributed by atoms with van der Waals surface area (Å²) in [6, 6.07) is 23.4. The van der Waals surface area contributed by atoms with Gasteiger partial charge in [0.2, 0.25) is 0 Å². The van der Waals surface area contributed by atoms with Gasteiger partial charge in [-0.25, -0.2) is 4.98 Å². The zero-order valence-electron chi connectivity index (χ0n) is 13.1. The molecular weight excluding hydrogens is 298 g/mol. The first kappa shape index (κ1) is 14.3. The Balaban J connectivity index is 1.80. The van der Waals surface area contributed by atoms with E-state index >= 15 is 0 Å². The van der Waals surface area contributed by atoms with Gasteiger partial charge in [0.25, 0.3) is 0 Å². The second-order valence-corrected chi connectivity index (χ2v) is 5.59. The number of phenols is 1. The normalized spacial score (nSPS) is 10.8. The number of nitrogens with zero attached hydrogens (tertiary/aromatic N) is 2. The molecule has 0 saturated carbocycles. The molecule has 4 aromatic rings. The topological polar surface area (TPSA) is 49.6 Å². The number of nitrogens with one attached hydrogen (secondary N) is 1. The number of phenolic OH excluding ortho intramolecular Hbond substituents is 1. The van der Waals surface area contributed by atoms with Gasteiger partial charge in [-0.05, 0) is 29.8 Å². The van der Waals surface area contributed by atoms with E-state index in [-0.39, 0.29) is 5.75 Å². The lowest BCUT2D eigenvalue weighted by Crippen LogP contribution is -2.03. The van der Waals surface area contributed by atoms with Crippen molar-refractivity contribution in [2.75, 3.05) is 5.32 Å². The van der Waals surface area contributed by atoms with Gasteiger partial charge in [-0.2, -0.15) is 0 Å². The Morgan fingerprint density at radius 2 is 1.62 bits per heavy atom. The molecule has 4 rings (SSSR count). The van der Waals surface area contributed by atoms with Crippen LogP contribution in [0.3, 0.4) is 0 Å². The van der Waals surface area contributed by atoms with Crippen LogP contribution in [0.5, 0.6) is 5.75 Å². The van der Waals surface area contributed by atoms with Gasteiger partial charge in [0, 0.05) is 18.3 Å². The monoisotopic (exact) mass is 315 g/mol. The summed E-state index contributed by atoms with van der Waals surface area (Å²) >= 11 is 0. The van der Waals surface area contributed by atoms with Gasteiger partial charge in [-0.15, -0.1) is 0 Å². The van der Waals surface area contributed by atoms with E-state index in [0.717, 1.165) is 22.7 Å². The Bertz CT molecular complexity index is 977. The summed E-state index contributed by atoms with van der Waals surface area (Å²) < 4.78 is 2.00. The molecule has 0 radical (unpaired) electrons. The minimum atomic E-state index is 0.226. The molecule has 2 aromatic heterocycles. The number of anilines is 1. The fourth-order valence-corrected chi connectivity index (χ4v) is 2.81. The van der Waals surface area contributed by atoms with Crippen molar-refractivity contribution in [2.45, 2.75) is 6.54 Å². The number of rotatable bonds is 4. The maximum Gasteiger partial charge on any atom is 0.139 e. The molecule has 0 aliphatic carbocycles. The van der Waals surface area contributed by atoms with Crippen molar-refractivity contribution >= 4 is 11.5 Å². The Hall–Kier alpha value is -3.27. The van der Waals surface area contributed by atoms with Gasteiger partial charge in [0.1, 0.15) is 22.9 Å². The van der Waals surface area contributed by atoms with E-state index in [1.807, 2.05) is 65.2 Å². The summed E-state index contributed by atoms with van der Waals surface area (Å²) in [6.07, 6.45) is 1.97. The molecule has 24 heavy (non-hydrogen) atoms. The van der Waals surface area contributed by atoms with Crippen LogP contribution in [0.15, 0.2) is 79.0 Å². The van der Waals surface area contributed by atoms with E-state index in [1.165, 1.54) is 5.56 Å². The minimum Gasteiger partial charge on any atom is -0.507 e. The van der Waals surface area contributed by atoms with Crippen LogP contribution in [0, 0.1) is 0 Å². The first-order valence-electron chi connectivity index (χ1n) is 7.86. The SMILES string of the molecule is Oc1ccccc1-c1nc2ccccn2c1NCc1ccccc1. The molecule has 0 fully saturated rings. The zero-order chi connectivity index (χ0) is 16.4. The first-order valence-corrected chi connectivity index (χ1v) is 7.86. The van der Waals surface area contributed by atoms with Crippen molar-refractivity contribution in [1.29, 1.82) is 0 Å². The van der Waals surface area contributed by atoms with Gasteiger partial charge in [-0.1, -0.05) is 48.5 Å². The third-order valence-electron chi connectivity index (χ3n) is 3.99. The second-order valence-electron chi connectivity index (χ2n) is 5.59. The van der Waals surface area contributed by atoms with E-state index in [2.05, 4.69) is 17.4 Å². The molecule has 0 amide bonds. The Kier molecular flexibility index (Phi) is 3.63. The Morgan fingerprint density at radius 1 is 0.875 bits per heavy atom. The fourth-order valence-electron chi connectivity index (χ4n) is 2.81. The number of aromatic hydroxyl groups is 1. The van der Waals surface area contributed by atoms with Crippen molar-refractivity contribution < 1.29 is 5.11 Å². The van der Waals surface area contributed by atoms with Crippen molar-refractivity contribution in [3.63, 3.8) is 0 Å². The molecule has 118 valence electrons. The molecule has 0 saturated heterocycles. The highest BCUT2D eigenvalue weighted by Crippen LogP contribution is 2.34. The number of hydrogen-bond donors (Lipinski definition) is 2. The number of pyridine rings is 1. The van der Waals surface area contributed by atoms with Crippen LogP contribution in [0.2, 0.25) is 0 Å². The second kappa shape index (κ2) is 6.08.